The first-order chi connectivity index (χ1) is 9.13. The zero-order valence-electron chi connectivity index (χ0n) is 11.2. The second-order valence-electron chi connectivity index (χ2n) is 4.88. The first-order valence-corrected chi connectivity index (χ1v) is 8.30. The Hall–Kier alpha value is -1.14. The topological polar surface area (TPSA) is 71.1 Å². The summed E-state index contributed by atoms with van der Waals surface area (Å²) in [7, 11) is -3.48. The van der Waals surface area contributed by atoms with Crippen LogP contribution in [-0.2, 0) is 10.0 Å². The number of pyridine rings is 1. The van der Waals surface area contributed by atoms with Crippen molar-refractivity contribution in [1.29, 1.82) is 0 Å². The molecule has 1 aromatic heterocycles. The van der Waals surface area contributed by atoms with Gasteiger partial charge in [0.25, 0.3) is 0 Å². The van der Waals surface area contributed by atoms with Gasteiger partial charge in [0.1, 0.15) is 10.7 Å². The van der Waals surface area contributed by atoms with Gasteiger partial charge in [-0.25, -0.2) is 18.1 Å². The van der Waals surface area contributed by atoms with Crippen molar-refractivity contribution in [3.05, 3.63) is 18.3 Å². The molecular formula is C13H21N3O2S. The lowest BCUT2D eigenvalue weighted by molar-refractivity contribution is 0.519. The molecule has 0 aliphatic heterocycles. The molecule has 1 fully saturated rings. The average molecular weight is 283 g/mol. The summed E-state index contributed by atoms with van der Waals surface area (Å²) in [4.78, 5) is 4.32. The third kappa shape index (κ3) is 3.67. The molecule has 2 N–H and O–H groups in total. The number of hydrogen-bond donors (Lipinski definition) is 2. The van der Waals surface area contributed by atoms with E-state index in [0.717, 1.165) is 12.8 Å². The summed E-state index contributed by atoms with van der Waals surface area (Å²) in [5.74, 6) is 0.901. The van der Waals surface area contributed by atoms with Crippen molar-refractivity contribution in [2.75, 3.05) is 18.4 Å². The third-order valence-electron chi connectivity index (χ3n) is 3.44. The Morgan fingerprint density at radius 1 is 1.37 bits per heavy atom. The molecule has 19 heavy (non-hydrogen) atoms. The van der Waals surface area contributed by atoms with Crippen molar-refractivity contribution in [2.24, 2.45) is 5.92 Å². The molecule has 0 spiro atoms. The van der Waals surface area contributed by atoms with Gasteiger partial charge in [0, 0.05) is 19.3 Å². The Bertz CT molecular complexity index is 510. The molecule has 0 atom stereocenters. The van der Waals surface area contributed by atoms with Gasteiger partial charge in [0.05, 0.1) is 0 Å². The molecule has 0 unspecified atom stereocenters. The molecule has 0 aromatic carbocycles. The Labute approximate surface area is 114 Å². The summed E-state index contributed by atoms with van der Waals surface area (Å²) < 4.78 is 27.3. The maximum absolute atomic E-state index is 12.3. The molecule has 6 heteroatoms. The minimum Gasteiger partial charge on any atom is -0.369 e. The molecule has 2 rings (SSSR count). The highest BCUT2D eigenvalue weighted by atomic mass is 32.2. The minimum atomic E-state index is -3.48. The van der Waals surface area contributed by atoms with Crippen LogP contribution < -0.4 is 10.0 Å². The molecule has 106 valence electrons. The summed E-state index contributed by atoms with van der Waals surface area (Å²) in [6.07, 6.45) is 6.25. The largest absolute Gasteiger partial charge is 0.369 e. The van der Waals surface area contributed by atoms with Crippen molar-refractivity contribution >= 4 is 15.8 Å². The van der Waals surface area contributed by atoms with Gasteiger partial charge in [0.2, 0.25) is 10.0 Å². The van der Waals surface area contributed by atoms with E-state index in [2.05, 4.69) is 15.0 Å². The van der Waals surface area contributed by atoms with E-state index in [0.29, 0.717) is 24.8 Å². The summed E-state index contributed by atoms with van der Waals surface area (Å²) in [5.41, 5.74) is 0. The van der Waals surface area contributed by atoms with Crippen LogP contribution in [0, 0.1) is 5.92 Å². The minimum absolute atomic E-state index is 0.231. The summed E-state index contributed by atoms with van der Waals surface area (Å²) in [6.45, 7) is 3.09. The molecular weight excluding hydrogens is 262 g/mol. The van der Waals surface area contributed by atoms with Crippen molar-refractivity contribution < 1.29 is 8.42 Å². The summed E-state index contributed by atoms with van der Waals surface area (Å²) in [6, 6.07) is 3.23. The molecule has 0 amide bonds. The molecule has 1 aliphatic rings. The number of hydrogen-bond acceptors (Lipinski definition) is 4. The van der Waals surface area contributed by atoms with Crippen LogP contribution in [0.5, 0.6) is 0 Å². The zero-order chi connectivity index (χ0) is 13.7. The van der Waals surface area contributed by atoms with Gasteiger partial charge >= 0.3 is 0 Å². The highest BCUT2D eigenvalue weighted by Crippen LogP contribution is 2.25. The molecule has 0 saturated heterocycles. The lowest BCUT2D eigenvalue weighted by Crippen LogP contribution is -2.29. The maximum Gasteiger partial charge on any atom is 0.244 e. The molecule has 5 nitrogen and oxygen atoms in total. The lowest BCUT2D eigenvalue weighted by atomic mass is 10.1. The highest BCUT2D eigenvalue weighted by molar-refractivity contribution is 7.89. The highest BCUT2D eigenvalue weighted by Gasteiger charge is 2.22. The maximum atomic E-state index is 12.3. The van der Waals surface area contributed by atoms with Crippen LogP contribution in [0.2, 0.25) is 0 Å². The van der Waals surface area contributed by atoms with E-state index >= 15 is 0 Å². The Balaban J connectivity index is 2.09. The van der Waals surface area contributed by atoms with E-state index in [9.17, 15) is 8.42 Å². The second-order valence-corrected chi connectivity index (χ2v) is 6.62. The standard InChI is InChI=1S/C13H21N3O2S/c1-2-14-13-12(8-5-9-15-13)19(17,18)16-10-11-6-3-4-7-11/h5,8-9,11,16H,2-4,6-7,10H2,1H3,(H,14,15). The van der Waals surface area contributed by atoms with Gasteiger partial charge in [-0.1, -0.05) is 12.8 Å². The van der Waals surface area contributed by atoms with E-state index in [4.69, 9.17) is 0 Å². The van der Waals surface area contributed by atoms with E-state index in [-0.39, 0.29) is 4.90 Å². The van der Waals surface area contributed by atoms with Crippen LogP contribution >= 0.6 is 0 Å². The van der Waals surface area contributed by atoms with E-state index in [1.165, 1.54) is 12.8 Å². The molecule has 0 radical (unpaired) electrons. The second kappa shape index (κ2) is 6.34. The first kappa shape index (κ1) is 14.3. The van der Waals surface area contributed by atoms with E-state index < -0.39 is 10.0 Å². The predicted octanol–water partition coefficient (Wildman–Crippen LogP) is 1.98. The van der Waals surface area contributed by atoms with Gasteiger partial charge in [-0.2, -0.15) is 0 Å². The van der Waals surface area contributed by atoms with Gasteiger partial charge < -0.3 is 5.32 Å². The predicted molar refractivity (Wildman–Crippen MR) is 75.5 cm³/mol. The van der Waals surface area contributed by atoms with Crippen LogP contribution in [0.3, 0.4) is 0 Å². The SMILES string of the molecule is CCNc1ncccc1S(=O)(=O)NCC1CCCC1. The monoisotopic (exact) mass is 283 g/mol. The summed E-state index contributed by atoms with van der Waals surface area (Å²) in [5, 5.41) is 2.98. The Morgan fingerprint density at radius 2 is 2.11 bits per heavy atom. The van der Waals surface area contributed by atoms with Crippen molar-refractivity contribution in [3.63, 3.8) is 0 Å². The number of nitrogens with one attached hydrogen (secondary N) is 2. The average Bonchev–Trinajstić information content (AvgIpc) is 2.91. The van der Waals surface area contributed by atoms with Gasteiger partial charge in [0.15, 0.2) is 0 Å². The number of rotatable bonds is 6. The fraction of sp³-hybridized carbons (Fsp3) is 0.615. The third-order valence-corrected chi connectivity index (χ3v) is 4.90. The Morgan fingerprint density at radius 3 is 2.79 bits per heavy atom. The zero-order valence-corrected chi connectivity index (χ0v) is 12.0. The van der Waals surface area contributed by atoms with Crippen molar-refractivity contribution in [1.82, 2.24) is 9.71 Å². The number of anilines is 1. The Kier molecular flexibility index (Phi) is 4.76. The van der Waals surface area contributed by atoms with E-state index in [1.54, 1.807) is 18.3 Å². The van der Waals surface area contributed by atoms with Crippen molar-refractivity contribution in [3.8, 4) is 0 Å². The molecule has 1 aliphatic carbocycles. The molecule has 1 aromatic rings. The fourth-order valence-corrected chi connectivity index (χ4v) is 3.68. The van der Waals surface area contributed by atoms with Crippen LogP contribution in [0.15, 0.2) is 23.2 Å². The lowest BCUT2D eigenvalue weighted by Gasteiger charge is -2.13. The van der Waals surface area contributed by atoms with Crippen LogP contribution in [0.25, 0.3) is 0 Å². The van der Waals surface area contributed by atoms with Crippen LogP contribution in [-0.4, -0.2) is 26.5 Å². The number of nitrogens with zero attached hydrogens (tertiary/aromatic N) is 1. The summed E-state index contributed by atoms with van der Waals surface area (Å²) >= 11 is 0. The van der Waals surface area contributed by atoms with Crippen LogP contribution in [0.4, 0.5) is 5.82 Å². The molecule has 1 heterocycles. The normalized spacial score (nSPS) is 16.7. The van der Waals surface area contributed by atoms with Gasteiger partial charge in [-0.3, -0.25) is 0 Å². The fourth-order valence-electron chi connectivity index (χ4n) is 2.43. The van der Waals surface area contributed by atoms with Gasteiger partial charge in [-0.15, -0.1) is 0 Å². The quantitative estimate of drug-likeness (QED) is 0.837. The van der Waals surface area contributed by atoms with Crippen LogP contribution in [0.1, 0.15) is 32.6 Å². The first-order valence-electron chi connectivity index (χ1n) is 6.82. The smallest absolute Gasteiger partial charge is 0.244 e. The molecule has 0 bridgehead atoms. The van der Waals surface area contributed by atoms with E-state index in [1.807, 2.05) is 6.92 Å². The molecule has 1 saturated carbocycles. The van der Waals surface area contributed by atoms with Gasteiger partial charge in [-0.05, 0) is 37.8 Å². The number of aromatic nitrogens is 1. The van der Waals surface area contributed by atoms with Crippen molar-refractivity contribution in [2.45, 2.75) is 37.5 Å². The number of sulfonamides is 1.